The molecule has 0 aliphatic heterocycles. The molecular weight excluding hydrogens is 242 g/mol. The first-order valence-electron chi connectivity index (χ1n) is 7.53. The van der Waals surface area contributed by atoms with Gasteiger partial charge in [-0.1, -0.05) is 27.2 Å². The molecule has 0 spiro atoms. The zero-order chi connectivity index (χ0) is 14.5. The summed E-state index contributed by atoms with van der Waals surface area (Å²) in [7, 11) is 0. The van der Waals surface area contributed by atoms with E-state index in [1.807, 2.05) is 13.8 Å². The second-order valence-electron chi connectivity index (χ2n) is 5.08. The fourth-order valence-corrected chi connectivity index (χ4v) is 1.68. The van der Waals surface area contributed by atoms with Gasteiger partial charge >= 0.3 is 0 Å². The molecule has 0 fully saturated rings. The average Bonchev–Trinajstić information content (AvgIpc) is 2.40. The van der Waals surface area contributed by atoms with Crippen molar-refractivity contribution in [1.29, 1.82) is 0 Å². The van der Waals surface area contributed by atoms with Gasteiger partial charge in [-0.05, 0) is 19.8 Å². The highest BCUT2D eigenvalue weighted by molar-refractivity contribution is 5.81. The van der Waals surface area contributed by atoms with Gasteiger partial charge in [0.1, 0.15) is 6.61 Å². The monoisotopic (exact) mass is 273 g/mol. The Labute approximate surface area is 118 Å². The van der Waals surface area contributed by atoms with E-state index in [0.717, 1.165) is 13.0 Å². The molecule has 19 heavy (non-hydrogen) atoms. The first-order chi connectivity index (χ1) is 9.11. The van der Waals surface area contributed by atoms with Crippen LogP contribution in [0.4, 0.5) is 0 Å². The topological polar surface area (TPSA) is 47.6 Å². The van der Waals surface area contributed by atoms with E-state index in [9.17, 15) is 4.79 Å². The second kappa shape index (κ2) is 12.6. The summed E-state index contributed by atoms with van der Waals surface area (Å²) < 4.78 is 10.7. The van der Waals surface area contributed by atoms with Crippen molar-refractivity contribution in [2.45, 2.75) is 53.0 Å². The van der Waals surface area contributed by atoms with Crippen molar-refractivity contribution in [3.63, 3.8) is 0 Å². The Morgan fingerprint density at radius 2 is 1.79 bits per heavy atom. The van der Waals surface area contributed by atoms with E-state index in [2.05, 4.69) is 19.2 Å². The number of rotatable bonds is 13. The number of ether oxygens (including phenoxy) is 2. The molecule has 0 aromatic heterocycles. The van der Waals surface area contributed by atoms with Gasteiger partial charge in [-0.3, -0.25) is 4.79 Å². The molecule has 0 aromatic rings. The first kappa shape index (κ1) is 18.6. The molecule has 0 heterocycles. The van der Waals surface area contributed by atoms with Crippen molar-refractivity contribution in [3.8, 4) is 0 Å². The number of ketones is 1. The third-order valence-corrected chi connectivity index (χ3v) is 3.24. The van der Waals surface area contributed by atoms with Gasteiger partial charge in [-0.2, -0.15) is 0 Å². The number of carbonyl (C=O) groups is 1. The standard InChI is InChI=1S/C15H31NO3/c1-5-7-14(4)16-8-9-18-10-11-19-12-15(17)13(3)6-2/h13-14,16H,5-12H2,1-4H3. The summed E-state index contributed by atoms with van der Waals surface area (Å²) in [5.74, 6) is 0.280. The van der Waals surface area contributed by atoms with Gasteiger partial charge in [0.25, 0.3) is 0 Å². The molecule has 0 aliphatic carbocycles. The van der Waals surface area contributed by atoms with E-state index >= 15 is 0 Å². The van der Waals surface area contributed by atoms with Gasteiger partial charge in [0.05, 0.1) is 19.8 Å². The Kier molecular flexibility index (Phi) is 12.3. The highest BCUT2D eigenvalue weighted by Gasteiger charge is 2.09. The largest absolute Gasteiger partial charge is 0.378 e. The number of hydrogen-bond donors (Lipinski definition) is 1. The van der Waals surface area contributed by atoms with Crippen LogP contribution >= 0.6 is 0 Å². The van der Waals surface area contributed by atoms with E-state index in [1.54, 1.807) is 0 Å². The van der Waals surface area contributed by atoms with Crippen LogP contribution in [0.1, 0.15) is 47.0 Å². The summed E-state index contributed by atoms with van der Waals surface area (Å²) in [5, 5.41) is 3.40. The van der Waals surface area contributed by atoms with E-state index in [4.69, 9.17) is 9.47 Å². The molecule has 0 saturated heterocycles. The summed E-state index contributed by atoms with van der Waals surface area (Å²) in [6.45, 7) is 11.1. The van der Waals surface area contributed by atoms with Crippen molar-refractivity contribution in [1.82, 2.24) is 5.32 Å². The third kappa shape index (κ3) is 11.1. The number of nitrogens with one attached hydrogen (secondary N) is 1. The molecule has 0 aromatic carbocycles. The Hall–Kier alpha value is -0.450. The molecule has 0 amide bonds. The molecule has 1 N–H and O–H groups in total. The number of carbonyl (C=O) groups excluding carboxylic acids is 1. The van der Waals surface area contributed by atoms with E-state index in [-0.39, 0.29) is 18.3 Å². The molecule has 4 heteroatoms. The van der Waals surface area contributed by atoms with Crippen molar-refractivity contribution in [3.05, 3.63) is 0 Å². The van der Waals surface area contributed by atoms with Crippen LogP contribution in [0.3, 0.4) is 0 Å². The minimum absolute atomic E-state index is 0.102. The number of hydrogen-bond acceptors (Lipinski definition) is 4. The summed E-state index contributed by atoms with van der Waals surface area (Å²) >= 11 is 0. The van der Waals surface area contributed by atoms with Gasteiger partial charge in [0, 0.05) is 18.5 Å². The van der Waals surface area contributed by atoms with Crippen LogP contribution in [0.5, 0.6) is 0 Å². The third-order valence-electron chi connectivity index (χ3n) is 3.24. The average molecular weight is 273 g/mol. The minimum atomic E-state index is 0.102. The Bertz CT molecular complexity index is 221. The highest BCUT2D eigenvalue weighted by atomic mass is 16.5. The van der Waals surface area contributed by atoms with Crippen LogP contribution in [-0.4, -0.2) is 44.8 Å². The summed E-state index contributed by atoms with van der Waals surface area (Å²) in [6.07, 6.45) is 3.27. The number of Topliss-reactive ketones (excluding diaryl/α,β-unsaturated/α-hetero) is 1. The lowest BCUT2D eigenvalue weighted by Gasteiger charge is -2.12. The molecule has 2 atom stereocenters. The smallest absolute Gasteiger partial charge is 0.161 e. The minimum Gasteiger partial charge on any atom is -0.378 e. The molecule has 0 radical (unpaired) electrons. The molecule has 4 nitrogen and oxygen atoms in total. The van der Waals surface area contributed by atoms with Crippen molar-refractivity contribution in [2.24, 2.45) is 5.92 Å². The molecular formula is C15H31NO3. The Morgan fingerprint density at radius 3 is 2.42 bits per heavy atom. The van der Waals surface area contributed by atoms with Gasteiger partial charge in [-0.15, -0.1) is 0 Å². The molecule has 0 rings (SSSR count). The first-order valence-corrected chi connectivity index (χ1v) is 7.53. The molecule has 2 unspecified atom stereocenters. The summed E-state index contributed by atoms with van der Waals surface area (Å²) in [4.78, 5) is 11.5. The van der Waals surface area contributed by atoms with E-state index in [1.165, 1.54) is 12.8 Å². The lowest BCUT2D eigenvalue weighted by atomic mass is 10.1. The zero-order valence-corrected chi connectivity index (χ0v) is 13.0. The van der Waals surface area contributed by atoms with E-state index < -0.39 is 0 Å². The van der Waals surface area contributed by atoms with Gasteiger partial charge in [-0.25, -0.2) is 0 Å². The van der Waals surface area contributed by atoms with Crippen LogP contribution < -0.4 is 5.32 Å². The quantitative estimate of drug-likeness (QED) is 0.524. The maximum absolute atomic E-state index is 11.5. The normalized spacial score (nSPS) is 14.3. The van der Waals surface area contributed by atoms with Gasteiger partial charge < -0.3 is 14.8 Å². The highest BCUT2D eigenvalue weighted by Crippen LogP contribution is 2.01. The van der Waals surface area contributed by atoms with Crippen LogP contribution in [0.2, 0.25) is 0 Å². The maximum atomic E-state index is 11.5. The Balaban J connectivity index is 3.25. The SMILES string of the molecule is CCCC(C)NCCOCCOCC(=O)C(C)CC. The van der Waals surface area contributed by atoms with Crippen molar-refractivity contribution < 1.29 is 14.3 Å². The second-order valence-corrected chi connectivity index (χ2v) is 5.08. The van der Waals surface area contributed by atoms with Crippen LogP contribution in [-0.2, 0) is 14.3 Å². The molecule has 0 aliphatic rings. The zero-order valence-electron chi connectivity index (χ0n) is 13.0. The molecule has 0 bridgehead atoms. The van der Waals surface area contributed by atoms with Crippen molar-refractivity contribution >= 4 is 5.78 Å². The predicted octanol–water partition coefficient (Wildman–Crippen LogP) is 2.41. The lowest BCUT2D eigenvalue weighted by Crippen LogP contribution is -2.29. The fourth-order valence-electron chi connectivity index (χ4n) is 1.68. The van der Waals surface area contributed by atoms with Gasteiger partial charge in [0.15, 0.2) is 5.78 Å². The summed E-state index contributed by atoms with van der Waals surface area (Å²) in [6, 6.07) is 0.554. The molecule has 114 valence electrons. The van der Waals surface area contributed by atoms with Crippen LogP contribution in [0.25, 0.3) is 0 Å². The Morgan fingerprint density at radius 1 is 1.11 bits per heavy atom. The van der Waals surface area contributed by atoms with Gasteiger partial charge in [0.2, 0.25) is 0 Å². The van der Waals surface area contributed by atoms with Crippen molar-refractivity contribution in [2.75, 3.05) is 33.0 Å². The maximum Gasteiger partial charge on any atom is 0.161 e. The van der Waals surface area contributed by atoms with Crippen LogP contribution in [0, 0.1) is 5.92 Å². The lowest BCUT2D eigenvalue weighted by molar-refractivity contribution is -0.127. The summed E-state index contributed by atoms with van der Waals surface area (Å²) in [5.41, 5.74) is 0. The predicted molar refractivity (Wildman–Crippen MR) is 78.5 cm³/mol. The molecule has 0 saturated carbocycles. The van der Waals surface area contributed by atoms with Crippen LogP contribution in [0.15, 0.2) is 0 Å². The van der Waals surface area contributed by atoms with E-state index in [0.29, 0.717) is 25.9 Å². The fraction of sp³-hybridized carbons (Fsp3) is 0.933.